The zero-order valence-electron chi connectivity index (χ0n) is 88.0. The van der Waals surface area contributed by atoms with Crippen LogP contribution in [0.2, 0.25) is 0 Å². The summed E-state index contributed by atoms with van der Waals surface area (Å²) in [6.07, 6.45) is 13.8. The Kier molecular flexibility index (Phi) is 114. The van der Waals surface area contributed by atoms with Crippen LogP contribution in [0.25, 0.3) is 21.9 Å². The minimum Gasteiger partial charge on any atom is -0.457 e. The van der Waals surface area contributed by atoms with Crippen LogP contribution in [0.1, 0.15) is 262 Å². The molecule has 726 valence electrons. The minimum atomic E-state index is -1.72. The predicted octanol–water partition coefficient (Wildman–Crippen LogP) is 32.1. The highest BCUT2D eigenvalue weighted by molar-refractivity contribution is 7.61. The smallest absolute Gasteiger partial charge is 0.415 e. The third kappa shape index (κ3) is 77.6. The molecule has 0 saturated carbocycles. The maximum atomic E-state index is 12.9. The summed E-state index contributed by atoms with van der Waals surface area (Å²) in [6, 6.07) is 90.7. The van der Waals surface area contributed by atoms with Gasteiger partial charge in [-0.05, 0) is 278 Å². The maximum Gasteiger partial charge on any atom is 0.415 e. The van der Waals surface area contributed by atoms with Crippen molar-refractivity contribution < 1.29 is 23.7 Å². The minimum absolute atomic E-state index is 0.666. The van der Waals surface area contributed by atoms with E-state index in [1.54, 1.807) is 121 Å². The predicted molar refractivity (Wildman–Crippen MR) is 596 cm³/mol. The molecule has 0 bridgehead atoms. The molecule has 0 aromatic heterocycles. The van der Waals surface area contributed by atoms with Crippen molar-refractivity contribution in [1.29, 1.82) is 0 Å². The third-order valence-electron chi connectivity index (χ3n) is 14.5. The van der Waals surface area contributed by atoms with Crippen molar-refractivity contribution in [3.8, 4) is 34.1 Å². The first-order chi connectivity index (χ1) is 62.6. The van der Waals surface area contributed by atoms with E-state index in [0.717, 1.165) is 28.3 Å². The second-order valence-electron chi connectivity index (χ2n) is 28.4. The van der Waals surface area contributed by atoms with Gasteiger partial charge in [-0.2, -0.15) is 0 Å². The molecular formula is C115H188N8O5P2+2. The zero-order valence-corrected chi connectivity index (χ0v) is 89.8. The van der Waals surface area contributed by atoms with E-state index in [1.807, 2.05) is 54.6 Å². The van der Waals surface area contributed by atoms with Gasteiger partial charge in [-0.15, -0.1) is 0 Å². The summed E-state index contributed by atoms with van der Waals surface area (Å²) in [7, 11) is 3.73. The molecule has 0 aliphatic carbocycles. The highest BCUT2D eigenvalue weighted by Crippen LogP contribution is 2.29. The lowest BCUT2D eigenvalue weighted by molar-refractivity contribution is 0.399. The lowest BCUT2D eigenvalue weighted by atomic mass is 9.90. The second kappa shape index (κ2) is 106. The van der Waals surface area contributed by atoms with Gasteiger partial charge in [-0.3, -0.25) is 0 Å². The quantitative estimate of drug-likeness (QED) is 0.0481. The van der Waals surface area contributed by atoms with Crippen LogP contribution in [0.4, 0.5) is 22.7 Å². The Bertz CT molecular complexity index is 3930. The van der Waals surface area contributed by atoms with Gasteiger partial charge in [-0.1, -0.05) is 377 Å². The number of hydrogen-bond acceptors (Lipinski definition) is 13. The molecule has 130 heavy (non-hydrogen) atoms. The Hall–Kier alpha value is -10.3. The molecule has 0 radical (unpaired) electrons. The van der Waals surface area contributed by atoms with E-state index >= 15 is 0 Å². The van der Waals surface area contributed by atoms with Crippen molar-refractivity contribution in [2.24, 2.45) is 22.9 Å². The lowest BCUT2D eigenvalue weighted by Crippen LogP contribution is -2.06. The van der Waals surface area contributed by atoms with Crippen LogP contribution >= 0.6 is 15.6 Å². The maximum absolute atomic E-state index is 12.9. The molecule has 0 aliphatic rings. The Labute approximate surface area is 799 Å². The first kappa shape index (κ1) is 140. The summed E-state index contributed by atoms with van der Waals surface area (Å²) in [5.74, 6) is 2.72. The van der Waals surface area contributed by atoms with Crippen LogP contribution in [0, 0.1) is 48.5 Å². The molecule has 12 aromatic carbocycles. The summed E-state index contributed by atoms with van der Waals surface area (Å²) in [5, 5.41) is 12.6. The zero-order chi connectivity index (χ0) is 102. The first-order valence-electron chi connectivity index (χ1n) is 46.9. The summed E-state index contributed by atoms with van der Waals surface area (Å²) in [5.41, 5.74) is 55.8. The van der Waals surface area contributed by atoms with E-state index in [0.29, 0.717) is 45.7 Å². The van der Waals surface area contributed by atoms with Crippen molar-refractivity contribution in [1.82, 2.24) is 0 Å². The largest absolute Gasteiger partial charge is 0.457 e. The number of nitrogens with two attached hydrogens (primary N) is 8. The van der Waals surface area contributed by atoms with Gasteiger partial charge in [0.25, 0.3) is 0 Å². The number of benzene rings is 12. The van der Waals surface area contributed by atoms with Crippen LogP contribution in [-0.2, 0) is 9.13 Å². The molecule has 0 fully saturated rings. The van der Waals surface area contributed by atoms with Gasteiger partial charge < -0.3 is 60.4 Å². The van der Waals surface area contributed by atoms with Gasteiger partial charge in [-0.25, -0.2) is 0 Å². The van der Waals surface area contributed by atoms with E-state index in [4.69, 9.17) is 37.5 Å². The molecule has 0 atom stereocenters. The molecule has 15 heteroatoms. The summed E-state index contributed by atoms with van der Waals surface area (Å²) >= 11 is 0. The highest BCUT2D eigenvalue weighted by Gasteiger charge is 2.24. The first-order valence-corrected chi connectivity index (χ1v) is 49.4. The van der Waals surface area contributed by atoms with Crippen molar-refractivity contribution >= 4 is 70.3 Å². The fourth-order valence-electron chi connectivity index (χ4n) is 8.78. The fourth-order valence-corrected chi connectivity index (χ4v) is 11.1. The Balaban J connectivity index is -0.000000158. The number of fused-ring (bicyclic) bond motifs is 1. The summed E-state index contributed by atoms with van der Waals surface area (Å²) < 4.78 is 36.6. The molecule has 0 aliphatic heterocycles. The standard InChI is InChI=1S/C24H20N2O3P.C12H12N2OP.C12H10.C12H18.C10H8.C7H8.11C3H8.4CH5N.CH4O/c25-17-1-5-19(6-2-17)28-21-9-13-23(14-10-21)30(27)24-15-11-22(12-16-24)29-20-7-3-18(26)4-8-20;13-9-1-5-11(6-2-9)16(15)12-7-3-10(14)4-8-12;1-3-7-11(8-4-1)12-9-5-2-6-10-12;1-7-8(2)10(4)12(6)11(5)9(7)3;1-2-6-10-8-4-3-7-9(10)5-1;1-7-5-3-2-4-6-7;11*1-3-2;5*1-2/h1-16H,25-26H2;1-8H,13-14H2;1-10H;1-6H3;1-8H;2-6H,1H3;11*3H2,1-2H3;4*2H2,1H3;2H,1H3/q2*+1;;;;;;;;;;;;;;;;;;;;. The Morgan fingerprint density at radius 3 is 0.492 bits per heavy atom. The lowest BCUT2D eigenvalue weighted by Gasteiger charge is -2.15. The Morgan fingerprint density at radius 2 is 0.338 bits per heavy atom. The number of aliphatic hydroxyl groups excluding tert-OH is 1. The molecule has 0 spiro atoms. The van der Waals surface area contributed by atoms with Crippen LogP contribution in [-0.4, -0.2) is 40.4 Å². The highest BCUT2D eigenvalue weighted by atomic mass is 31.1. The van der Waals surface area contributed by atoms with Gasteiger partial charge in [0, 0.05) is 29.9 Å². The van der Waals surface area contributed by atoms with Gasteiger partial charge in [0.1, 0.15) is 23.0 Å². The number of aliphatic hydroxyl groups is 1. The second-order valence-corrected chi connectivity index (χ2v) is 31.6. The fraction of sp³-hybridized carbons (Fsp3) is 0.391. The summed E-state index contributed by atoms with van der Waals surface area (Å²) in [6.45, 7) is 62.1. The van der Waals surface area contributed by atoms with E-state index < -0.39 is 15.6 Å². The molecule has 13 nitrogen and oxygen atoms in total. The van der Waals surface area contributed by atoms with Crippen molar-refractivity contribution in [3.63, 3.8) is 0 Å². The SMILES string of the molecule is CCC.CCC.CCC.CCC.CCC.CCC.CCC.CCC.CCC.CCC.CCC.CN.CN.CN.CN.CO.Cc1c(C)c(C)c(C)c(C)c1C.Cc1ccccc1.Nc1ccc(Oc2ccc([P+](=O)c3ccc(Oc4ccc(N)cc4)cc3)cc2)cc1.Nc1ccc([P+](=O)c2ccc(N)cc2)cc1.c1ccc(-c2ccccc2)cc1.c1ccc2ccccc2c1. The molecule has 0 heterocycles. The van der Waals surface area contributed by atoms with Gasteiger partial charge >= 0.3 is 15.6 Å². The number of hydrogen-bond donors (Lipinski definition) is 9. The van der Waals surface area contributed by atoms with Crippen LogP contribution in [0.5, 0.6) is 23.0 Å². The van der Waals surface area contributed by atoms with E-state index in [9.17, 15) is 9.13 Å². The average Bonchev–Trinajstić information content (AvgIpc) is 0.807. The molecule has 0 unspecified atom stereocenters. The number of aryl methyl sites for hydroxylation is 1. The molecule has 12 aromatic rings. The van der Waals surface area contributed by atoms with Gasteiger partial charge in [0.15, 0.2) is 21.2 Å². The van der Waals surface area contributed by atoms with Crippen LogP contribution in [0.15, 0.2) is 285 Å². The molecule has 0 saturated heterocycles. The molecule has 0 amide bonds. The molecule has 17 N–H and O–H groups in total. The van der Waals surface area contributed by atoms with Crippen molar-refractivity contribution in [2.75, 3.05) is 58.2 Å². The number of rotatable bonds is 9. The molecule has 12 rings (SSSR count). The monoisotopic (exact) mass is 1820 g/mol. The van der Waals surface area contributed by atoms with E-state index in [-0.39, 0.29) is 0 Å². The van der Waals surface area contributed by atoms with Gasteiger partial charge in [0.2, 0.25) is 0 Å². The van der Waals surface area contributed by atoms with E-state index in [2.05, 4.69) is 333 Å². The van der Waals surface area contributed by atoms with Crippen molar-refractivity contribution in [2.45, 2.75) is 271 Å². The van der Waals surface area contributed by atoms with E-state index in [1.165, 1.54) is 160 Å². The summed E-state index contributed by atoms with van der Waals surface area (Å²) in [4.78, 5) is 0. The number of nitrogen functional groups attached to an aromatic ring is 4. The normalized spacial score (nSPS) is 8.48. The topological polar surface area (TPSA) is 281 Å². The van der Waals surface area contributed by atoms with Gasteiger partial charge in [0.05, 0.1) is 0 Å². The number of anilines is 4. The Morgan fingerprint density at radius 1 is 0.208 bits per heavy atom. The molecular weight excluding hydrogens is 1640 g/mol. The van der Waals surface area contributed by atoms with Crippen LogP contribution < -0.4 is 76.6 Å². The average molecular weight is 1820 g/mol. The van der Waals surface area contributed by atoms with Crippen LogP contribution in [0.3, 0.4) is 0 Å². The van der Waals surface area contributed by atoms with Crippen molar-refractivity contribution in [3.05, 3.63) is 324 Å². The number of ether oxygens (including phenoxy) is 2. The third-order valence-corrected chi connectivity index (χ3v) is 17.6.